The van der Waals surface area contributed by atoms with Crippen LogP contribution in [0.1, 0.15) is 24.2 Å². The van der Waals surface area contributed by atoms with Gasteiger partial charge in [-0.2, -0.15) is 0 Å². The summed E-state index contributed by atoms with van der Waals surface area (Å²) in [6.07, 6.45) is 0.724. The quantitative estimate of drug-likeness (QED) is 0.689. The number of benzene rings is 2. The van der Waals surface area contributed by atoms with Crippen LogP contribution in [0.2, 0.25) is 0 Å². The van der Waals surface area contributed by atoms with E-state index in [2.05, 4.69) is 43.3 Å². The maximum atomic E-state index is 10.0. The van der Waals surface area contributed by atoms with Crippen molar-refractivity contribution in [2.45, 2.75) is 19.4 Å². The Labute approximate surface area is 89.4 Å². The Hall–Kier alpha value is -1.34. The average molecular weight is 198 g/mol. The van der Waals surface area contributed by atoms with Crippen LogP contribution in [0, 0.1) is 5.92 Å². The monoisotopic (exact) mass is 198 g/mol. The lowest BCUT2D eigenvalue weighted by Crippen LogP contribution is -2.00. The zero-order chi connectivity index (χ0) is 10.4. The maximum Gasteiger partial charge on any atom is 0.0821 e. The molecule has 0 aliphatic heterocycles. The van der Waals surface area contributed by atoms with Crippen molar-refractivity contribution in [3.8, 4) is 0 Å². The minimum absolute atomic E-state index is 0.274. The van der Waals surface area contributed by atoms with E-state index < -0.39 is 0 Å². The van der Waals surface area contributed by atoms with Crippen LogP contribution in [0.4, 0.5) is 0 Å². The Morgan fingerprint density at radius 2 is 1.93 bits per heavy atom. The molecule has 2 aromatic rings. The third-order valence-electron chi connectivity index (χ3n) is 3.46. The van der Waals surface area contributed by atoms with Gasteiger partial charge in [0, 0.05) is 0 Å². The Kier molecular flexibility index (Phi) is 1.83. The molecule has 15 heavy (non-hydrogen) atoms. The summed E-state index contributed by atoms with van der Waals surface area (Å²) in [5.41, 5.74) is 2.47. The van der Waals surface area contributed by atoms with Crippen LogP contribution < -0.4 is 0 Å². The highest BCUT2D eigenvalue weighted by Crippen LogP contribution is 2.39. The smallest absolute Gasteiger partial charge is 0.0821 e. The van der Waals surface area contributed by atoms with Crippen molar-refractivity contribution in [3.63, 3.8) is 0 Å². The molecule has 0 radical (unpaired) electrons. The van der Waals surface area contributed by atoms with Crippen LogP contribution >= 0.6 is 0 Å². The van der Waals surface area contributed by atoms with Crippen LogP contribution in [0.25, 0.3) is 10.8 Å². The summed E-state index contributed by atoms with van der Waals surface area (Å²) in [6, 6.07) is 12.6. The molecule has 1 aliphatic carbocycles. The third-order valence-corrected chi connectivity index (χ3v) is 3.46. The van der Waals surface area contributed by atoms with Crippen LogP contribution in [0.5, 0.6) is 0 Å². The van der Waals surface area contributed by atoms with E-state index in [0.29, 0.717) is 5.92 Å². The van der Waals surface area contributed by atoms with E-state index in [-0.39, 0.29) is 6.10 Å². The highest BCUT2D eigenvalue weighted by Gasteiger charge is 2.28. The third kappa shape index (κ3) is 1.20. The van der Waals surface area contributed by atoms with Gasteiger partial charge < -0.3 is 5.11 Å². The molecule has 0 saturated carbocycles. The fourth-order valence-electron chi connectivity index (χ4n) is 2.60. The summed E-state index contributed by atoms with van der Waals surface area (Å²) in [6.45, 7) is 2.11. The molecule has 1 aliphatic rings. The number of rotatable bonds is 0. The van der Waals surface area contributed by atoms with E-state index in [4.69, 9.17) is 0 Å². The van der Waals surface area contributed by atoms with Gasteiger partial charge in [0.2, 0.25) is 0 Å². The number of aliphatic hydroxyl groups is 1. The molecule has 0 aromatic heterocycles. The zero-order valence-electron chi connectivity index (χ0n) is 8.77. The van der Waals surface area contributed by atoms with Gasteiger partial charge in [0.15, 0.2) is 0 Å². The van der Waals surface area contributed by atoms with E-state index in [9.17, 15) is 5.11 Å². The standard InChI is InChI=1S/C14H14O/c1-9-8-13-11-5-3-2-4-10(11)6-7-12(13)14(9)15/h2-7,9,14-15H,8H2,1H3. The van der Waals surface area contributed by atoms with E-state index in [1.807, 2.05) is 0 Å². The second-order valence-electron chi connectivity index (χ2n) is 4.48. The number of fused-ring (bicyclic) bond motifs is 3. The summed E-state index contributed by atoms with van der Waals surface area (Å²) >= 11 is 0. The molecule has 2 unspecified atom stereocenters. The van der Waals surface area contributed by atoms with Crippen molar-refractivity contribution >= 4 is 10.8 Å². The van der Waals surface area contributed by atoms with E-state index in [0.717, 1.165) is 12.0 Å². The first-order valence-corrected chi connectivity index (χ1v) is 5.46. The lowest BCUT2D eigenvalue weighted by atomic mass is 10.0. The lowest BCUT2D eigenvalue weighted by molar-refractivity contribution is 0.133. The lowest BCUT2D eigenvalue weighted by Gasteiger charge is -2.08. The maximum absolute atomic E-state index is 10.0. The van der Waals surface area contributed by atoms with Gasteiger partial charge in [-0.1, -0.05) is 43.3 Å². The van der Waals surface area contributed by atoms with Crippen LogP contribution in [-0.2, 0) is 6.42 Å². The van der Waals surface area contributed by atoms with Gasteiger partial charge in [-0.05, 0) is 34.2 Å². The van der Waals surface area contributed by atoms with E-state index in [1.165, 1.54) is 16.3 Å². The Bertz CT molecular complexity index is 516. The first-order valence-electron chi connectivity index (χ1n) is 5.46. The Morgan fingerprint density at radius 1 is 1.13 bits per heavy atom. The van der Waals surface area contributed by atoms with Crippen molar-refractivity contribution < 1.29 is 5.11 Å². The van der Waals surface area contributed by atoms with Gasteiger partial charge in [0.1, 0.15) is 0 Å². The number of aliphatic hydroxyl groups excluding tert-OH is 1. The van der Waals surface area contributed by atoms with Crippen molar-refractivity contribution in [2.75, 3.05) is 0 Å². The molecular formula is C14H14O. The Balaban J connectivity index is 2.33. The minimum Gasteiger partial charge on any atom is -0.388 e. The average Bonchev–Trinajstić information content (AvgIpc) is 2.56. The summed E-state index contributed by atoms with van der Waals surface area (Å²) in [5.74, 6) is 0.353. The molecule has 1 heteroatoms. The van der Waals surface area contributed by atoms with Crippen LogP contribution in [0.3, 0.4) is 0 Å². The molecule has 0 bridgehead atoms. The summed E-state index contributed by atoms with van der Waals surface area (Å²) in [7, 11) is 0. The second-order valence-corrected chi connectivity index (χ2v) is 4.48. The van der Waals surface area contributed by atoms with E-state index >= 15 is 0 Å². The summed E-state index contributed by atoms with van der Waals surface area (Å²) in [5, 5.41) is 12.6. The molecule has 3 rings (SSSR count). The van der Waals surface area contributed by atoms with Crippen molar-refractivity contribution in [2.24, 2.45) is 5.92 Å². The summed E-state index contributed by atoms with van der Waals surface area (Å²) < 4.78 is 0. The molecule has 0 amide bonds. The van der Waals surface area contributed by atoms with Crippen LogP contribution in [0.15, 0.2) is 36.4 Å². The van der Waals surface area contributed by atoms with E-state index in [1.54, 1.807) is 0 Å². The predicted octanol–water partition coefficient (Wildman–Crippen LogP) is 3.07. The topological polar surface area (TPSA) is 20.2 Å². The molecule has 2 atom stereocenters. The Morgan fingerprint density at radius 3 is 2.80 bits per heavy atom. The molecule has 2 aromatic carbocycles. The SMILES string of the molecule is CC1Cc2c(ccc3ccccc23)C1O. The van der Waals surface area contributed by atoms with Crippen molar-refractivity contribution in [1.29, 1.82) is 0 Å². The van der Waals surface area contributed by atoms with Crippen LogP contribution in [-0.4, -0.2) is 5.11 Å². The van der Waals surface area contributed by atoms with Crippen molar-refractivity contribution in [3.05, 3.63) is 47.5 Å². The van der Waals surface area contributed by atoms with Gasteiger partial charge in [0.25, 0.3) is 0 Å². The molecule has 1 nitrogen and oxygen atoms in total. The van der Waals surface area contributed by atoms with Gasteiger partial charge in [-0.15, -0.1) is 0 Å². The highest BCUT2D eigenvalue weighted by atomic mass is 16.3. The second kappa shape index (κ2) is 3.07. The number of hydrogen-bond acceptors (Lipinski definition) is 1. The molecule has 1 N–H and O–H groups in total. The molecule has 0 fully saturated rings. The fourth-order valence-corrected chi connectivity index (χ4v) is 2.60. The normalized spacial score (nSPS) is 24.4. The fraction of sp³-hybridized carbons (Fsp3) is 0.286. The van der Waals surface area contributed by atoms with Gasteiger partial charge in [-0.25, -0.2) is 0 Å². The predicted molar refractivity (Wildman–Crippen MR) is 61.8 cm³/mol. The summed E-state index contributed by atoms with van der Waals surface area (Å²) in [4.78, 5) is 0. The van der Waals surface area contributed by atoms with Gasteiger partial charge in [-0.3, -0.25) is 0 Å². The zero-order valence-corrected chi connectivity index (χ0v) is 8.77. The number of hydrogen-bond donors (Lipinski definition) is 1. The first kappa shape index (κ1) is 8.93. The minimum atomic E-state index is -0.274. The molecule has 0 heterocycles. The first-order chi connectivity index (χ1) is 7.27. The molecule has 0 saturated heterocycles. The molecule has 0 spiro atoms. The van der Waals surface area contributed by atoms with Gasteiger partial charge >= 0.3 is 0 Å². The largest absolute Gasteiger partial charge is 0.388 e. The molecule has 76 valence electrons. The van der Waals surface area contributed by atoms with Gasteiger partial charge in [0.05, 0.1) is 6.10 Å². The molecular weight excluding hydrogens is 184 g/mol. The highest BCUT2D eigenvalue weighted by molar-refractivity contribution is 5.87. The van der Waals surface area contributed by atoms with Crippen molar-refractivity contribution in [1.82, 2.24) is 0 Å².